The zero-order chi connectivity index (χ0) is 34.8. The Balaban J connectivity index is 0.997. The van der Waals surface area contributed by atoms with Gasteiger partial charge in [-0.1, -0.05) is 11.6 Å². The minimum Gasteiger partial charge on any atom is -0.451 e. The van der Waals surface area contributed by atoms with Gasteiger partial charge in [0.05, 0.1) is 29.4 Å². The van der Waals surface area contributed by atoms with E-state index in [4.69, 9.17) is 21.1 Å². The largest absolute Gasteiger partial charge is 0.451 e. The van der Waals surface area contributed by atoms with Gasteiger partial charge < -0.3 is 24.2 Å². The molecule has 3 aromatic rings. The van der Waals surface area contributed by atoms with Gasteiger partial charge in [-0.2, -0.15) is 0 Å². The molecule has 4 heterocycles. The molecular weight excluding hydrogens is 671 g/mol. The van der Waals surface area contributed by atoms with Crippen LogP contribution in [0.1, 0.15) is 56.8 Å². The predicted octanol–water partition coefficient (Wildman–Crippen LogP) is 5.36. The molecule has 11 nitrogen and oxygen atoms in total. The van der Waals surface area contributed by atoms with Crippen molar-refractivity contribution in [2.24, 2.45) is 5.41 Å². The number of rotatable bonds is 11. The topological polar surface area (TPSA) is 117 Å². The van der Waals surface area contributed by atoms with Crippen molar-refractivity contribution in [2.45, 2.75) is 69.5 Å². The fraction of sp³-hybridized carbons (Fsp3) is 0.514. The molecule has 0 aliphatic carbocycles. The normalized spacial score (nSPS) is 21.1. The summed E-state index contributed by atoms with van der Waals surface area (Å²) in [7, 11) is -3.64. The van der Waals surface area contributed by atoms with Gasteiger partial charge in [-0.3, -0.25) is 4.79 Å². The molecule has 3 aliphatic rings. The molecule has 264 valence electrons. The smallest absolute Gasteiger partial charge is 0.257 e. The second-order valence-electron chi connectivity index (χ2n) is 13.6. The van der Waals surface area contributed by atoms with Gasteiger partial charge in [0.25, 0.3) is 5.91 Å². The Morgan fingerprint density at radius 1 is 1.14 bits per heavy atom. The number of likely N-dealkylation sites (tertiary alicyclic amines) is 1. The van der Waals surface area contributed by atoms with Gasteiger partial charge in [0, 0.05) is 48.7 Å². The first-order valence-electron chi connectivity index (χ1n) is 16.9. The summed E-state index contributed by atoms with van der Waals surface area (Å²) in [5.74, 6) is 0.538. The van der Waals surface area contributed by atoms with E-state index in [1.54, 1.807) is 23.2 Å². The molecule has 1 N–H and O–H groups in total. The summed E-state index contributed by atoms with van der Waals surface area (Å²) in [6.45, 7) is 11.0. The summed E-state index contributed by atoms with van der Waals surface area (Å²) in [6, 6.07) is 9.82. The number of hydrogen-bond acceptors (Lipinski definition) is 9. The van der Waals surface area contributed by atoms with Crippen LogP contribution in [-0.2, 0) is 14.8 Å². The third-order valence-corrected chi connectivity index (χ3v) is 11.6. The quantitative estimate of drug-likeness (QED) is 0.280. The highest BCUT2D eigenvalue weighted by Crippen LogP contribution is 2.45. The molecule has 49 heavy (non-hydrogen) atoms. The second kappa shape index (κ2) is 14.9. The van der Waals surface area contributed by atoms with Gasteiger partial charge in [0.1, 0.15) is 17.9 Å². The number of nitrogens with zero attached hydrogens (tertiary/aromatic N) is 5. The third-order valence-electron chi connectivity index (χ3n) is 9.82. The number of ether oxygens (including phenoxy) is 2. The number of halogens is 2. The Labute approximate surface area is 292 Å². The fourth-order valence-electron chi connectivity index (χ4n) is 7.07. The number of anilines is 1. The van der Waals surface area contributed by atoms with Crippen molar-refractivity contribution < 1.29 is 27.1 Å². The highest BCUT2D eigenvalue weighted by Gasteiger charge is 2.46. The van der Waals surface area contributed by atoms with E-state index in [-0.39, 0.29) is 45.7 Å². The molecule has 3 saturated heterocycles. The first kappa shape index (κ1) is 35.5. The number of hydrogen-bond donors (Lipinski definition) is 1. The maximum Gasteiger partial charge on any atom is 0.257 e. The van der Waals surface area contributed by atoms with Crippen LogP contribution in [0.15, 0.2) is 59.9 Å². The lowest BCUT2D eigenvalue weighted by atomic mass is 9.72. The van der Waals surface area contributed by atoms with Crippen LogP contribution in [0, 0.1) is 11.2 Å². The number of amides is 1. The van der Waals surface area contributed by atoms with E-state index < -0.39 is 15.8 Å². The zero-order valence-corrected chi connectivity index (χ0v) is 29.7. The van der Waals surface area contributed by atoms with Crippen LogP contribution < -0.4 is 14.4 Å². The summed E-state index contributed by atoms with van der Waals surface area (Å²) in [4.78, 5) is 28.5. The van der Waals surface area contributed by atoms with Crippen LogP contribution in [0.4, 0.5) is 10.2 Å². The average molecular weight is 715 g/mol. The van der Waals surface area contributed by atoms with E-state index in [2.05, 4.69) is 24.5 Å². The molecule has 0 saturated carbocycles. The van der Waals surface area contributed by atoms with E-state index in [1.807, 2.05) is 20.8 Å². The van der Waals surface area contributed by atoms with Gasteiger partial charge in [-0.25, -0.2) is 27.5 Å². The number of sulfonamides is 1. The molecule has 0 radical (unpaired) electrons. The number of carbonyl (C=O) groups is 1. The summed E-state index contributed by atoms with van der Waals surface area (Å²) in [6.07, 6.45) is 6.73. The number of benzene rings is 2. The highest BCUT2D eigenvalue weighted by molar-refractivity contribution is 7.89. The molecule has 0 bridgehead atoms. The Morgan fingerprint density at radius 3 is 2.53 bits per heavy atom. The second-order valence-corrected chi connectivity index (χ2v) is 15.7. The molecular formula is C35H44ClFN6O5S. The lowest BCUT2D eigenvalue weighted by molar-refractivity contribution is -0.0299. The summed E-state index contributed by atoms with van der Waals surface area (Å²) < 4.78 is 54.9. The van der Waals surface area contributed by atoms with E-state index in [9.17, 15) is 17.6 Å². The van der Waals surface area contributed by atoms with Crippen LogP contribution in [0.5, 0.6) is 11.5 Å². The predicted molar refractivity (Wildman–Crippen MR) is 185 cm³/mol. The SMILES string of the molecule is CCN(C(=O)c1cc(F)ccc1Oc1cncnc1N1CC2(CCN(C[C@@H]3CC[C@@H](NS(=O)(=O)c4ccc(Cl)cc4)CO3)CC2)C1)C(C)C. The van der Waals surface area contributed by atoms with E-state index in [1.165, 1.54) is 36.7 Å². The standard InChI is InChI=1S/C35H44ClFN6O5S/c1-4-43(24(2)3)34(44)30-17-26(37)7-12-31(30)48-32-18-38-23-39-33(32)42-21-35(22-42)13-15-41(16-14-35)19-28-9-8-27(20-47-28)40-49(45,46)29-10-5-25(36)6-11-29/h5-7,10-12,17-18,23-24,27-28,40H,4,8-9,13-16,19-22H2,1-3H3/t27-,28+/m1/s1. The van der Waals surface area contributed by atoms with E-state index in [0.29, 0.717) is 29.7 Å². The molecule has 3 fully saturated rings. The number of aromatic nitrogens is 2. The molecule has 14 heteroatoms. The maximum absolute atomic E-state index is 14.3. The van der Waals surface area contributed by atoms with Crippen molar-refractivity contribution >= 4 is 33.3 Å². The molecule has 2 atom stereocenters. The van der Waals surface area contributed by atoms with Gasteiger partial charge >= 0.3 is 0 Å². The molecule has 1 amide bonds. The van der Waals surface area contributed by atoms with Gasteiger partial charge in [-0.05, 0) is 102 Å². The van der Waals surface area contributed by atoms with Crippen molar-refractivity contribution in [2.75, 3.05) is 50.8 Å². The van der Waals surface area contributed by atoms with E-state index in [0.717, 1.165) is 58.4 Å². The van der Waals surface area contributed by atoms with Crippen LogP contribution in [0.3, 0.4) is 0 Å². The van der Waals surface area contributed by atoms with Gasteiger partial charge in [0.2, 0.25) is 10.0 Å². The molecule has 1 spiro atoms. The lowest BCUT2D eigenvalue weighted by Crippen LogP contribution is -2.61. The molecule has 3 aliphatic heterocycles. The Kier molecular flexibility index (Phi) is 10.8. The van der Waals surface area contributed by atoms with Crippen molar-refractivity contribution in [1.82, 2.24) is 24.5 Å². The van der Waals surface area contributed by atoms with Crippen LogP contribution in [0.25, 0.3) is 0 Å². The minimum absolute atomic E-state index is 0.0507. The van der Waals surface area contributed by atoms with Crippen LogP contribution in [0.2, 0.25) is 5.02 Å². The lowest BCUT2D eigenvalue weighted by Gasteiger charge is -2.54. The average Bonchev–Trinajstić information content (AvgIpc) is 3.06. The van der Waals surface area contributed by atoms with Crippen molar-refractivity contribution in [3.05, 3.63) is 71.4 Å². The Morgan fingerprint density at radius 2 is 1.88 bits per heavy atom. The van der Waals surface area contributed by atoms with Crippen molar-refractivity contribution in [1.29, 1.82) is 0 Å². The summed E-state index contributed by atoms with van der Waals surface area (Å²) in [5.41, 5.74) is 0.335. The minimum atomic E-state index is -3.64. The molecule has 2 aromatic carbocycles. The number of nitrogens with one attached hydrogen (secondary N) is 1. The molecule has 0 unspecified atom stereocenters. The summed E-state index contributed by atoms with van der Waals surface area (Å²) in [5, 5.41) is 0.489. The Bertz CT molecular complexity index is 1720. The highest BCUT2D eigenvalue weighted by atomic mass is 35.5. The molecule has 6 rings (SSSR count). The summed E-state index contributed by atoms with van der Waals surface area (Å²) >= 11 is 5.90. The van der Waals surface area contributed by atoms with Gasteiger partial charge in [0.15, 0.2) is 11.6 Å². The third kappa shape index (κ3) is 8.18. The monoisotopic (exact) mass is 714 g/mol. The number of piperidine rings is 1. The first-order valence-corrected chi connectivity index (χ1v) is 18.8. The maximum atomic E-state index is 14.3. The van der Waals surface area contributed by atoms with Crippen molar-refractivity contribution in [3.8, 4) is 11.5 Å². The Hall–Kier alpha value is -3.36. The van der Waals surface area contributed by atoms with Crippen molar-refractivity contribution in [3.63, 3.8) is 0 Å². The van der Waals surface area contributed by atoms with E-state index >= 15 is 0 Å². The molecule has 1 aromatic heterocycles. The first-order chi connectivity index (χ1) is 23.4. The zero-order valence-electron chi connectivity index (χ0n) is 28.1. The fourth-order valence-corrected chi connectivity index (χ4v) is 8.45. The van der Waals surface area contributed by atoms with Gasteiger partial charge in [-0.15, -0.1) is 0 Å². The number of carbonyl (C=O) groups excluding carboxylic acids is 1. The van der Waals surface area contributed by atoms with Crippen LogP contribution in [-0.4, -0.2) is 98.2 Å². The van der Waals surface area contributed by atoms with Crippen LogP contribution >= 0.6 is 11.6 Å².